The quantitative estimate of drug-likeness (QED) is 0.915. The molecule has 1 unspecified atom stereocenters. The first kappa shape index (κ1) is 17.5. The Morgan fingerprint density at radius 1 is 1.35 bits per heavy atom. The lowest BCUT2D eigenvalue weighted by Crippen LogP contribution is -2.53. The second-order valence-corrected chi connectivity index (χ2v) is 6.55. The van der Waals surface area contributed by atoms with Crippen molar-refractivity contribution in [2.45, 2.75) is 26.3 Å². The van der Waals surface area contributed by atoms with Gasteiger partial charge < -0.3 is 15.2 Å². The van der Waals surface area contributed by atoms with Crippen LogP contribution in [0.5, 0.6) is 0 Å². The molecule has 3 rings (SSSR count). The maximum atomic E-state index is 12.6. The van der Waals surface area contributed by atoms with Crippen molar-refractivity contribution in [2.24, 2.45) is 11.1 Å². The highest BCUT2D eigenvalue weighted by atomic mass is 35.5. The Morgan fingerprint density at radius 3 is 2.70 bits per heavy atom. The van der Waals surface area contributed by atoms with Crippen molar-refractivity contribution >= 4 is 18.3 Å². The molecule has 6 heteroatoms. The summed E-state index contributed by atoms with van der Waals surface area (Å²) >= 11 is 0. The molecule has 1 saturated heterocycles. The molecule has 1 aromatic heterocycles. The third kappa shape index (κ3) is 3.57. The SMILES string of the molecule is CC1(C)CN(C(=O)c2cc(-c3ccccc3)no2)CCC1N.Cl. The summed E-state index contributed by atoms with van der Waals surface area (Å²) in [6.07, 6.45) is 0.804. The molecule has 1 fully saturated rings. The Labute approximate surface area is 142 Å². The standard InChI is InChI=1S/C17H21N3O2.ClH/c1-17(2)11-20(9-8-15(17)18)16(21)14-10-13(19-22-14)12-6-4-3-5-7-12;/h3-7,10,15H,8-9,11,18H2,1-2H3;1H. The molecule has 0 aliphatic carbocycles. The average Bonchev–Trinajstić information content (AvgIpc) is 3.00. The van der Waals surface area contributed by atoms with E-state index >= 15 is 0 Å². The van der Waals surface area contributed by atoms with Crippen LogP contribution in [0, 0.1) is 5.41 Å². The van der Waals surface area contributed by atoms with E-state index in [-0.39, 0.29) is 35.5 Å². The van der Waals surface area contributed by atoms with Crippen LogP contribution in [0.1, 0.15) is 30.8 Å². The van der Waals surface area contributed by atoms with Crippen LogP contribution in [0.3, 0.4) is 0 Å². The third-order valence-electron chi connectivity index (χ3n) is 4.39. The normalized spacial score (nSPS) is 20.0. The Bertz CT molecular complexity index is 669. The molecule has 23 heavy (non-hydrogen) atoms. The number of carbonyl (C=O) groups is 1. The maximum absolute atomic E-state index is 12.6. The van der Waals surface area contributed by atoms with Crippen LogP contribution in [0.2, 0.25) is 0 Å². The lowest BCUT2D eigenvalue weighted by molar-refractivity contribution is 0.0495. The lowest BCUT2D eigenvalue weighted by Gasteiger charge is -2.42. The molecule has 5 nitrogen and oxygen atoms in total. The fourth-order valence-corrected chi connectivity index (χ4v) is 2.82. The van der Waals surface area contributed by atoms with Crippen LogP contribution < -0.4 is 5.73 Å². The van der Waals surface area contributed by atoms with E-state index in [1.807, 2.05) is 30.3 Å². The molecule has 0 spiro atoms. The fourth-order valence-electron chi connectivity index (χ4n) is 2.82. The number of rotatable bonds is 2. The zero-order chi connectivity index (χ0) is 15.7. The molecule has 1 aliphatic rings. The first-order valence-corrected chi connectivity index (χ1v) is 7.54. The number of nitrogens with zero attached hydrogens (tertiary/aromatic N) is 2. The van der Waals surface area contributed by atoms with Crippen molar-refractivity contribution in [2.75, 3.05) is 13.1 Å². The Balaban J connectivity index is 0.00000192. The minimum atomic E-state index is -0.116. The minimum Gasteiger partial charge on any atom is -0.350 e. The highest BCUT2D eigenvalue weighted by Gasteiger charge is 2.36. The molecule has 1 aliphatic heterocycles. The van der Waals surface area contributed by atoms with E-state index < -0.39 is 0 Å². The number of halogens is 1. The minimum absolute atomic E-state index is 0. The molecule has 0 saturated carbocycles. The summed E-state index contributed by atoms with van der Waals surface area (Å²) in [5.74, 6) is 0.166. The van der Waals surface area contributed by atoms with Crippen molar-refractivity contribution in [1.82, 2.24) is 10.1 Å². The van der Waals surface area contributed by atoms with Gasteiger partial charge in [0.15, 0.2) is 0 Å². The summed E-state index contributed by atoms with van der Waals surface area (Å²) in [4.78, 5) is 14.4. The highest BCUT2D eigenvalue weighted by molar-refractivity contribution is 5.92. The van der Waals surface area contributed by atoms with Crippen molar-refractivity contribution in [3.8, 4) is 11.3 Å². The zero-order valence-electron chi connectivity index (χ0n) is 13.4. The number of hydrogen-bond acceptors (Lipinski definition) is 4. The Hall–Kier alpha value is -1.85. The molecule has 2 aromatic rings. The van der Waals surface area contributed by atoms with Gasteiger partial charge in [-0.3, -0.25) is 4.79 Å². The van der Waals surface area contributed by atoms with Gasteiger partial charge in [-0.2, -0.15) is 0 Å². The molecule has 2 N–H and O–H groups in total. The van der Waals surface area contributed by atoms with Crippen molar-refractivity contribution < 1.29 is 9.32 Å². The van der Waals surface area contributed by atoms with Crippen LogP contribution in [-0.2, 0) is 0 Å². The van der Waals surface area contributed by atoms with Gasteiger partial charge >= 0.3 is 0 Å². The number of aromatic nitrogens is 1. The summed E-state index contributed by atoms with van der Waals surface area (Å²) in [5.41, 5.74) is 7.65. The van der Waals surface area contributed by atoms with Crippen LogP contribution >= 0.6 is 12.4 Å². The zero-order valence-corrected chi connectivity index (χ0v) is 14.2. The maximum Gasteiger partial charge on any atom is 0.292 e. The number of hydrogen-bond donors (Lipinski definition) is 1. The number of amides is 1. The van der Waals surface area contributed by atoms with Gasteiger partial charge in [0.2, 0.25) is 5.76 Å². The summed E-state index contributed by atoms with van der Waals surface area (Å²) in [5, 5.41) is 4.01. The summed E-state index contributed by atoms with van der Waals surface area (Å²) in [7, 11) is 0. The highest BCUT2D eigenvalue weighted by Crippen LogP contribution is 2.29. The third-order valence-corrected chi connectivity index (χ3v) is 4.39. The molecule has 0 radical (unpaired) electrons. The largest absolute Gasteiger partial charge is 0.350 e. The van der Waals surface area contributed by atoms with Gasteiger partial charge in [-0.25, -0.2) is 0 Å². The van der Waals surface area contributed by atoms with Gasteiger partial charge in [-0.1, -0.05) is 49.3 Å². The predicted molar refractivity (Wildman–Crippen MR) is 91.5 cm³/mol. The molecular weight excluding hydrogens is 314 g/mol. The second-order valence-electron chi connectivity index (χ2n) is 6.55. The number of piperidine rings is 1. The predicted octanol–water partition coefficient (Wildman–Crippen LogP) is 2.96. The molecule has 1 amide bonds. The van der Waals surface area contributed by atoms with Gasteiger partial charge in [-0.05, 0) is 11.8 Å². The molecule has 124 valence electrons. The molecule has 1 aromatic carbocycles. The van der Waals surface area contributed by atoms with Gasteiger partial charge in [0.25, 0.3) is 5.91 Å². The average molecular weight is 336 g/mol. The number of likely N-dealkylation sites (tertiary alicyclic amines) is 1. The lowest BCUT2D eigenvalue weighted by atomic mass is 9.79. The number of nitrogens with two attached hydrogens (primary N) is 1. The second kappa shape index (κ2) is 6.72. The summed E-state index contributed by atoms with van der Waals surface area (Å²) in [6, 6.07) is 11.5. The summed E-state index contributed by atoms with van der Waals surface area (Å²) in [6.45, 7) is 5.47. The van der Waals surface area contributed by atoms with E-state index in [9.17, 15) is 4.79 Å². The summed E-state index contributed by atoms with van der Waals surface area (Å²) < 4.78 is 5.26. The Morgan fingerprint density at radius 2 is 2.04 bits per heavy atom. The van der Waals surface area contributed by atoms with Gasteiger partial charge in [0, 0.05) is 30.8 Å². The molecule has 0 bridgehead atoms. The van der Waals surface area contributed by atoms with Crippen LogP contribution in [0.25, 0.3) is 11.3 Å². The first-order valence-electron chi connectivity index (χ1n) is 7.54. The van der Waals surface area contributed by atoms with E-state index in [4.69, 9.17) is 10.3 Å². The van der Waals surface area contributed by atoms with E-state index in [1.54, 1.807) is 11.0 Å². The number of benzene rings is 1. The molecule has 2 heterocycles. The van der Waals surface area contributed by atoms with Crippen LogP contribution in [-0.4, -0.2) is 35.1 Å². The van der Waals surface area contributed by atoms with Crippen molar-refractivity contribution in [3.05, 3.63) is 42.2 Å². The smallest absolute Gasteiger partial charge is 0.292 e. The number of carbonyl (C=O) groups excluding carboxylic acids is 1. The van der Waals surface area contributed by atoms with E-state index in [0.717, 1.165) is 12.0 Å². The Kier molecular flexibility index (Phi) is 5.12. The van der Waals surface area contributed by atoms with Crippen molar-refractivity contribution in [3.63, 3.8) is 0 Å². The van der Waals surface area contributed by atoms with Crippen LogP contribution in [0.15, 0.2) is 40.9 Å². The van der Waals surface area contributed by atoms with Crippen molar-refractivity contribution in [1.29, 1.82) is 0 Å². The first-order chi connectivity index (χ1) is 10.5. The van der Waals surface area contributed by atoms with Gasteiger partial charge in [-0.15, -0.1) is 12.4 Å². The van der Waals surface area contributed by atoms with Gasteiger partial charge in [0.1, 0.15) is 5.69 Å². The fraction of sp³-hybridized carbons (Fsp3) is 0.412. The van der Waals surface area contributed by atoms with E-state index in [0.29, 0.717) is 18.8 Å². The van der Waals surface area contributed by atoms with Gasteiger partial charge in [0.05, 0.1) is 0 Å². The topological polar surface area (TPSA) is 72.4 Å². The van der Waals surface area contributed by atoms with E-state index in [2.05, 4.69) is 19.0 Å². The van der Waals surface area contributed by atoms with E-state index in [1.165, 1.54) is 0 Å². The van der Waals surface area contributed by atoms with Crippen LogP contribution in [0.4, 0.5) is 0 Å². The monoisotopic (exact) mass is 335 g/mol. The molecule has 1 atom stereocenters. The molecular formula is C17H22ClN3O2.